The van der Waals surface area contributed by atoms with Gasteiger partial charge in [-0.25, -0.2) is 12.4 Å². The van der Waals surface area contributed by atoms with E-state index in [9.17, 15) is 31.5 Å². The lowest BCUT2D eigenvalue weighted by atomic mass is 10.0. The van der Waals surface area contributed by atoms with Gasteiger partial charge in [0.2, 0.25) is 0 Å². The molecule has 1 unspecified atom stereocenters. The fourth-order valence-electron chi connectivity index (χ4n) is 4.63. The molecule has 13 heteroatoms. The summed E-state index contributed by atoms with van der Waals surface area (Å²) in [5.41, 5.74) is 1.65. The quantitative estimate of drug-likeness (QED) is 0.199. The molecule has 0 saturated carbocycles. The molecule has 1 atom stereocenters. The van der Waals surface area contributed by atoms with Gasteiger partial charge in [0.05, 0.1) is 10.4 Å². The van der Waals surface area contributed by atoms with Crippen molar-refractivity contribution in [1.29, 1.82) is 0 Å². The van der Waals surface area contributed by atoms with Gasteiger partial charge in [0.1, 0.15) is 16.6 Å². The van der Waals surface area contributed by atoms with E-state index >= 15 is 0 Å². The summed E-state index contributed by atoms with van der Waals surface area (Å²) in [6.45, 7) is 3.72. The number of pyridine rings is 1. The minimum absolute atomic E-state index is 0.0709. The third kappa shape index (κ3) is 5.42. The molecule has 0 fully saturated rings. The molecule has 0 amide bonds. The van der Waals surface area contributed by atoms with Crippen molar-refractivity contribution in [3.63, 3.8) is 0 Å². The summed E-state index contributed by atoms with van der Waals surface area (Å²) in [5, 5.41) is 12.6. The maximum absolute atomic E-state index is 14.0. The maximum Gasteiger partial charge on any atom is 0.433 e. The number of aryl methyl sites for hydroxylation is 2. The average Bonchev–Trinajstić information content (AvgIpc) is 3.65. The number of carbonyl (C=O) groups is 1. The number of benzene rings is 1. The molecule has 212 valence electrons. The monoisotopic (exact) mass is 600 g/mol. The molecule has 4 aromatic heterocycles. The van der Waals surface area contributed by atoms with E-state index in [0.29, 0.717) is 26.2 Å². The Hall–Kier alpha value is -4.23. The standard InChI is InChI=1S/C28H23F3N4O4S2/c1-3-25(24-10-9-23(40-24)21-14-26(28(29,30)31)34(2)33-21)41(38,39)35-16-19(7-11-27(36)37)20-13-17(6-8-22(20)35)18-5-4-12-32-15-18/h3-6,8-10,12-16,25H,1,7,11H2,2H3,(H,36,37). The molecule has 8 nitrogen and oxygen atoms in total. The second-order valence-corrected chi connectivity index (χ2v) is 12.3. The van der Waals surface area contributed by atoms with E-state index in [1.807, 2.05) is 6.07 Å². The van der Waals surface area contributed by atoms with Crippen molar-refractivity contribution in [3.05, 3.63) is 95.9 Å². The molecular formula is C28H23F3N4O4S2. The number of aliphatic carboxylic acids is 1. The second-order valence-electron chi connectivity index (χ2n) is 9.26. The van der Waals surface area contributed by atoms with Crippen LogP contribution in [0.4, 0.5) is 13.2 Å². The summed E-state index contributed by atoms with van der Waals surface area (Å²) in [6.07, 6.45) is 1.32. The van der Waals surface area contributed by atoms with Gasteiger partial charge in [-0.15, -0.1) is 17.9 Å². The number of halogens is 3. The van der Waals surface area contributed by atoms with E-state index in [2.05, 4.69) is 16.7 Å². The first kappa shape index (κ1) is 28.3. The molecule has 0 aliphatic carbocycles. The van der Waals surface area contributed by atoms with Crippen molar-refractivity contribution in [2.75, 3.05) is 0 Å². The van der Waals surface area contributed by atoms with Gasteiger partial charge < -0.3 is 5.11 Å². The van der Waals surface area contributed by atoms with Crippen LogP contribution < -0.4 is 0 Å². The zero-order valence-electron chi connectivity index (χ0n) is 21.5. The van der Waals surface area contributed by atoms with Crippen molar-refractivity contribution in [2.24, 2.45) is 7.05 Å². The van der Waals surface area contributed by atoms with Gasteiger partial charge in [-0.2, -0.15) is 18.3 Å². The van der Waals surface area contributed by atoms with Crippen LogP contribution in [0.15, 0.2) is 79.8 Å². The molecule has 1 aromatic carbocycles. The van der Waals surface area contributed by atoms with E-state index in [1.165, 1.54) is 31.5 Å². The van der Waals surface area contributed by atoms with Crippen LogP contribution in [0, 0.1) is 0 Å². The van der Waals surface area contributed by atoms with Gasteiger partial charge in [-0.3, -0.25) is 14.5 Å². The molecular weight excluding hydrogens is 577 g/mol. The Kier molecular flexibility index (Phi) is 7.34. The normalized spacial score (nSPS) is 13.0. The molecule has 0 radical (unpaired) electrons. The Bertz CT molecular complexity index is 1870. The fraction of sp³-hybridized carbons (Fsp3) is 0.179. The highest BCUT2D eigenvalue weighted by Crippen LogP contribution is 2.39. The first-order valence-electron chi connectivity index (χ1n) is 12.2. The average molecular weight is 601 g/mol. The fourth-order valence-corrected chi connectivity index (χ4v) is 7.65. The molecule has 0 aliphatic rings. The van der Waals surface area contributed by atoms with E-state index in [4.69, 9.17) is 0 Å². The van der Waals surface area contributed by atoms with E-state index in [-0.39, 0.29) is 18.5 Å². The van der Waals surface area contributed by atoms with Crippen LogP contribution >= 0.6 is 11.3 Å². The number of thiophene rings is 1. The van der Waals surface area contributed by atoms with Crippen molar-refractivity contribution in [3.8, 4) is 21.7 Å². The lowest BCUT2D eigenvalue weighted by Crippen LogP contribution is -2.18. The van der Waals surface area contributed by atoms with Crippen molar-refractivity contribution in [2.45, 2.75) is 24.3 Å². The highest BCUT2D eigenvalue weighted by atomic mass is 32.2. The topological polar surface area (TPSA) is 107 Å². The molecule has 0 bridgehead atoms. The summed E-state index contributed by atoms with van der Waals surface area (Å²) in [7, 11) is -2.99. The van der Waals surface area contributed by atoms with Crippen molar-refractivity contribution in [1.82, 2.24) is 18.7 Å². The molecule has 1 N–H and O–H groups in total. The lowest BCUT2D eigenvalue weighted by Gasteiger charge is -2.14. The molecule has 5 aromatic rings. The Morgan fingerprint density at radius 1 is 1.17 bits per heavy atom. The van der Waals surface area contributed by atoms with Gasteiger partial charge in [0.15, 0.2) is 0 Å². The van der Waals surface area contributed by atoms with Crippen molar-refractivity contribution < 1.29 is 31.5 Å². The number of fused-ring (bicyclic) bond motifs is 1. The first-order chi connectivity index (χ1) is 19.4. The zero-order chi connectivity index (χ0) is 29.5. The number of rotatable bonds is 9. The van der Waals surface area contributed by atoms with Crippen molar-refractivity contribution >= 4 is 38.2 Å². The second kappa shape index (κ2) is 10.6. The van der Waals surface area contributed by atoms with Gasteiger partial charge in [-0.05, 0) is 53.9 Å². The van der Waals surface area contributed by atoms with Crippen LogP contribution in [-0.4, -0.2) is 38.2 Å². The minimum atomic E-state index is -4.59. The summed E-state index contributed by atoms with van der Waals surface area (Å²) in [5.74, 6) is -1.02. The van der Waals surface area contributed by atoms with E-state index < -0.39 is 33.1 Å². The molecule has 0 aliphatic heterocycles. The van der Waals surface area contributed by atoms with E-state index in [1.54, 1.807) is 36.7 Å². The van der Waals surface area contributed by atoms with Gasteiger partial charge in [0.25, 0.3) is 10.0 Å². The van der Waals surface area contributed by atoms with Gasteiger partial charge in [-0.1, -0.05) is 18.2 Å². The van der Waals surface area contributed by atoms with Gasteiger partial charge in [0, 0.05) is 47.9 Å². The first-order valence-corrected chi connectivity index (χ1v) is 14.6. The third-order valence-electron chi connectivity index (χ3n) is 6.60. The summed E-state index contributed by atoms with van der Waals surface area (Å²) < 4.78 is 69.7. The molecule has 4 heterocycles. The number of carboxylic acids is 1. The van der Waals surface area contributed by atoms with Gasteiger partial charge >= 0.3 is 12.1 Å². The van der Waals surface area contributed by atoms with Crippen LogP contribution in [0.1, 0.15) is 27.8 Å². The molecule has 0 spiro atoms. The zero-order valence-corrected chi connectivity index (χ0v) is 23.2. The summed E-state index contributed by atoms with van der Waals surface area (Å²) in [6, 6.07) is 12.8. The number of nitrogens with zero attached hydrogens (tertiary/aromatic N) is 4. The van der Waals surface area contributed by atoms with Crippen LogP contribution in [0.5, 0.6) is 0 Å². The number of hydrogen-bond donors (Lipinski definition) is 1. The Morgan fingerprint density at radius 2 is 1.95 bits per heavy atom. The summed E-state index contributed by atoms with van der Waals surface area (Å²) in [4.78, 5) is 16.2. The highest BCUT2D eigenvalue weighted by Gasteiger charge is 2.36. The predicted octanol–water partition coefficient (Wildman–Crippen LogP) is 6.31. The number of hydrogen-bond acceptors (Lipinski definition) is 6. The van der Waals surface area contributed by atoms with Crippen LogP contribution in [0.2, 0.25) is 0 Å². The number of alkyl halides is 3. The smallest absolute Gasteiger partial charge is 0.433 e. The van der Waals surface area contributed by atoms with Crippen LogP contribution in [0.3, 0.4) is 0 Å². The Balaban J connectivity index is 1.57. The largest absolute Gasteiger partial charge is 0.481 e. The highest BCUT2D eigenvalue weighted by molar-refractivity contribution is 7.90. The van der Waals surface area contributed by atoms with Crippen LogP contribution in [0.25, 0.3) is 32.6 Å². The number of carboxylic acid groups (broad SMARTS) is 1. The number of aromatic nitrogens is 4. The van der Waals surface area contributed by atoms with E-state index in [0.717, 1.165) is 37.2 Å². The SMILES string of the molecule is C=CC(c1ccc(-c2cc(C(F)(F)F)n(C)n2)s1)S(=O)(=O)n1cc(CCC(=O)O)c2cc(-c3cccnc3)ccc21. The summed E-state index contributed by atoms with van der Waals surface area (Å²) >= 11 is 1.01. The third-order valence-corrected chi connectivity index (χ3v) is 9.87. The Labute approximate surface area is 237 Å². The lowest BCUT2D eigenvalue weighted by molar-refractivity contribution is -0.143. The molecule has 0 saturated heterocycles. The maximum atomic E-state index is 14.0. The molecule has 41 heavy (non-hydrogen) atoms. The Morgan fingerprint density at radius 3 is 2.59 bits per heavy atom. The predicted molar refractivity (Wildman–Crippen MR) is 150 cm³/mol. The molecule has 5 rings (SSSR count). The minimum Gasteiger partial charge on any atom is -0.481 e. The van der Waals surface area contributed by atoms with Crippen LogP contribution in [-0.2, 0) is 34.5 Å².